The Labute approximate surface area is 142 Å². The smallest absolute Gasteiger partial charge is 0.317 e. The molecule has 2 amide bonds. The topological polar surface area (TPSA) is 48.5 Å². The van der Waals surface area contributed by atoms with Crippen molar-refractivity contribution in [2.24, 2.45) is 5.92 Å². The number of amides is 2. The molecule has 0 radical (unpaired) electrons. The van der Waals surface area contributed by atoms with Crippen LogP contribution >= 0.6 is 11.8 Å². The molecule has 2 aliphatic heterocycles. The lowest BCUT2D eigenvalue weighted by molar-refractivity contribution is 0.202. The van der Waals surface area contributed by atoms with E-state index in [9.17, 15) is 4.79 Å². The zero-order valence-corrected chi connectivity index (χ0v) is 14.4. The molecule has 0 atom stereocenters. The van der Waals surface area contributed by atoms with E-state index in [4.69, 9.17) is 0 Å². The molecule has 2 saturated heterocycles. The summed E-state index contributed by atoms with van der Waals surface area (Å²) in [5.74, 6) is 2.87. The Morgan fingerprint density at radius 3 is 2.57 bits per heavy atom. The zero-order chi connectivity index (χ0) is 15.9. The minimum Gasteiger partial charge on any atom is -0.371 e. The highest BCUT2D eigenvalue weighted by molar-refractivity contribution is 7.99. The molecule has 1 N–H and O–H groups in total. The van der Waals surface area contributed by atoms with Gasteiger partial charge in [0.15, 0.2) is 0 Å². The number of rotatable bonds is 4. The van der Waals surface area contributed by atoms with Crippen molar-refractivity contribution in [3.8, 4) is 0 Å². The van der Waals surface area contributed by atoms with Gasteiger partial charge in [-0.2, -0.15) is 11.8 Å². The third kappa shape index (κ3) is 4.77. The molecule has 3 rings (SSSR count). The Morgan fingerprint density at radius 1 is 1.17 bits per heavy atom. The normalized spacial score (nSPS) is 19.7. The van der Waals surface area contributed by atoms with Crippen LogP contribution in [0.5, 0.6) is 0 Å². The zero-order valence-electron chi connectivity index (χ0n) is 13.6. The second-order valence-electron chi connectivity index (χ2n) is 6.26. The molecular weight excluding hydrogens is 308 g/mol. The van der Waals surface area contributed by atoms with Gasteiger partial charge in [-0.05, 0) is 37.3 Å². The maximum atomic E-state index is 12.1. The maximum Gasteiger partial charge on any atom is 0.317 e. The number of hydrogen-bond donors (Lipinski definition) is 1. The molecule has 2 fully saturated rings. The number of pyridine rings is 1. The van der Waals surface area contributed by atoms with E-state index < -0.39 is 0 Å². The van der Waals surface area contributed by atoms with Gasteiger partial charge in [0.25, 0.3) is 0 Å². The van der Waals surface area contributed by atoms with Crippen molar-refractivity contribution in [1.29, 1.82) is 0 Å². The summed E-state index contributed by atoms with van der Waals surface area (Å²) in [5, 5.41) is 3.10. The van der Waals surface area contributed by atoms with Crippen molar-refractivity contribution < 1.29 is 4.79 Å². The summed E-state index contributed by atoms with van der Waals surface area (Å²) in [7, 11) is 0. The predicted octanol–water partition coefficient (Wildman–Crippen LogP) is 2.45. The number of piperidine rings is 1. The van der Waals surface area contributed by atoms with Gasteiger partial charge in [-0.1, -0.05) is 0 Å². The number of hydrogen-bond acceptors (Lipinski definition) is 4. The van der Waals surface area contributed by atoms with E-state index in [1.54, 1.807) is 0 Å². The fourth-order valence-corrected chi connectivity index (χ4v) is 4.20. The van der Waals surface area contributed by atoms with Gasteiger partial charge < -0.3 is 15.1 Å². The summed E-state index contributed by atoms with van der Waals surface area (Å²) in [6.07, 6.45) is 7.22. The highest BCUT2D eigenvalue weighted by Gasteiger charge is 2.20. The van der Waals surface area contributed by atoms with Crippen LogP contribution in [0.3, 0.4) is 0 Å². The van der Waals surface area contributed by atoms with Gasteiger partial charge in [0.1, 0.15) is 0 Å². The van der Waals surface area contributed by atoms with E-state index in [0.717, 1.165) is 56.6 Å². The molecule has 126 valence electrons. The quantitative estimate of drug-likeness (QED) is 0.919. The van der Waals surface area contributed by atoms with Crippen LogP contribution in [0.4, 0.5) is 10.5 Å². The van der Waals surface area contributed by atoms with E-state index in [2.05, 4.69) is 27.3 Å². The lowest BCUT2D eigenvalue weighted by Gasteiger charge is -2.33. The van der Waals surface area contributed by atoms with Crippen molar-refractivity contribution in [3.63, 3.8) is 0 Å². The van der Waals surface area contributed by atoms with Crippen LogP contribution < -0.4 is 10.2 Å². The molecule has 6 heteroatoms. The van der Waals surface area contributed by atoms with Crippen LogP contribution in [0.1, 0.15) is 19.3 Å². The van der Waals surface area contributed by atoms with Crippen LogP contribution in [0.2, 0.25) is 0 Å². The SMILES string of the molecule is O=C(NCCC1CCN(c2ccncc2)CC1)N1CCSCC1. The van der Waals surface area contributed by atoms with Gasteiger partial charge in [0.05, 0.1) is 0 Å². The van der Waals surface area contributed by atoms with E-state index in [1.165, 1.54) is 18.5 Å². The number of nitrogens with one attached hydrogen (secondary N) is 1. The molecule has 5 nitrogen and oxygen atoms in total. The monoisotopic (exact) mass is 334 g/mol. The first-order chi connectivity index (χ1) is 11.3. The van der Waals surface area contributed by atoms with Gasteiger partial charge in [0, 0.05) is 62.3 Å². The van der Waals surface area contributed by atoms with E-state index in [0.29, 0.717) is 0 Å². The first-order valence-electron chi connectivity index (χ1n) is 8.58. The van der Waals surface area contributed by atoms with Gasteiger partial charge >= 0.3 is 6.03 Å². The number of urea groups is 1. The average Bonchev–Trinajstić information content (AvgIpc) is 2.64. The minimum absolute atomic E-state index is 0.125. The van der Waals surface area contributed by atoms with Crippen molar-refractivity contribution in [2.45, 2.75) is 19.3 Å². The Morgan fingerprint density at radius 2 is 1.87 bits per heavy atom. The Kier molecular flexibility index (Phi) is 6.02. The van der Waals surface area contributed by atoms with Crippen LogP contribution in [-0.4, -0.2) is 60.1 Å². The van der Waals surface area contributed by atoms with Gasteiger partial charge in [-0.3, -0.25) is 4.98 Å². The van der Waals surface area contributed by atoms with E-state index in [1.807, 2.05) is 29.1 Å². The molecule has 0 aromatic carbocycles. The predicted molar refractivity (Wildman–Crippen MR) is 96.1 cm³/mol. The Balaban J connectivity index is 1.34. The molecule has 1 aromatic heterocycles. The fraction of sp³-hybridized carbons (Fsp3) is 0.647. The van der Waals surface area contributed by atoms with Crippen LogP contribution in [0.15, 0.2) is 24.5 Å². The maximum absolute atomic E-state index is 12.1. The van der Waals surface area contributed by atoms with E-state index >= 15 is 0 Å². The number of nitrogens with zero attached hydrogens (tertiary/aromatic N) is 3. The Hall–Kier alpha value is -1.43. The number of carbonyl (C=O) groups is 1. The molecule has 0 aliphatic carbocycles. The summed E-state index contributed by atoms with van der Waals surface area (Å²) in [5.41, 5.74) is 1.27. The van der Waals surface area contributed by atoms with Gasteiger partial charge in [-0.25, -0.2) is 4.79 Å². The molecule has 2 aliphatic rings. The molecule has 3 heterocycles. The van der Waals surface area contributed by atoms with Crippen molar-refractivity contribution in [3.05, 3.63) is 24.5 Å². The molecule has 0 saturated carbocycles. The number of carbonyl (C=O) groups excluding carboxylic acids is 1. The summed E-state index contributed by atoms with van der Waals surface area (Å²) in [6.45, 7) is 4.79. The summed E-state index contributed by atoms with van der Waals surface area (Å²) >= 11 is 1.93. The van der Waals surface area contributed by atoms with Crippen molar-refractivity contribution in [2.75, 3.05) is 49.1 Å². The first-order valence-corrected chi connectivity index (χ1v) is 9.74. The number of anilines is 1. The standard InChI is InChI=1S/C17H26N4OS/c22-17(21-11-13-23-14-12-21)19-8-1-15-4-9-20(10-5-15)16-2-6-18-7-3-16/h2-3,6-7,15H,1,4-5,8-14H2,(H,19,22). The number of thioether (sulfide) groups is 1. The molecule has 0 bridgehead atoms. The average molecular weight is 334 g/mol. The highest BCUT2D eigenvalue weighted by atomic mass is 32.2. The molecule has 23 heavy (non-hydrogen) atoms. The highest BCUT2D eigenvalue weighted by Crippen LogP contribution is 2.24. The summed E-state index contributed by atoms with van der Waals surface area (Å²) in [4.78, 5) is 20.5. The van der Waals surface area contributed by atoms with Crippen LogP contribution in [0.25, 0.3) is 0 Å². The van der Waals surface area contributed by atoms with Crippen molar-refractivity contribution >= 4 is 23.5 Å². The fourth-order valence-electron chi connectivity index (χ4n) is 3.30. The van der Waals surface area contributed by atoms with E-state index in [-0.39, 0.29) is 6.03 Å². The van der Waals surface area contributed by atoms with Gasteiger partial charge in [-0.15, -0.1) is 0 Å². The van der Waals surface area contributed by atoms with Crippen LogP contribution in [-0.2, 0) is 0 Å². The summed E-state index contributed by atoms with van der Waals surface area (Å²) < 4.78 is 0. The largest absolute Gasteiger partial charge is 0.371 e. The second kappa shape index (κ2) is 8.43. The Bertz CT molecular complexity index is 485. The lowest BCUT2D eigenvalue weighted by atomic mass is 9.93. The summed E-state index contributed by atoms with van der Waals surface area (Å²) in [6, 6.07) is 4.29. The van der Waals surface area contributed by atoms with Crippen LogP contribution in [0, 0.1) is 5.92 Å². The third-order valence-electron chi connectivity index (χ3n) is 4.77. The third-order valence-corrected chi connectivity index (χ3v) is 5.71. The first kappa shape index (κ1) is 16.4. The van der Waals surface area contributed by atoms with Gasteiger partial charge in [0.2, 0.25) is 0 Å². The second-order valence-corrected chi connectivity index (χ2v) is 7.48. The minimum atomic E-state index is 0.125. The molecule has 0 spiro atoms. The number of aromatic nitrogens is 1. The molecular formula is C17H26N4OS. The molecule has 0 unspecified atom stereocenters. The molecule has 1 aromatic rings. The lowest BCUT2D eigenvalue weighted by Crippen LogP contribution is -2.45. The van der Waals surface area contributed by atoms with Crippen molar-refractivity contribution in [1.82, 2.24) is 15.2 Å².